The molecule has 252 valence electrons. The van der Waals surface area contributed by atoms with E-state index in [9.17, 15) is 9.59 Å². The molecule has 51 heavy (non-hydrogen) atoms. The fraction of sp³-hybridized carbons (Fsp3) is 0.209. The van der Waals surface area contributed by atoms with Crippen LogP contribution in [0.25, 0.3) is 22.8 Å². The molecule has 0 N–H and O–H groups in total. The summed E-state index contributed by atoms with van der Waals surface area (Å²) >= 11 is 0. The molecule has 4 aromatic heterocycles. The standard InChI is InChI=1S/C43H36N4O4/c1-28(40(48)50-30-13-5-3-6-14-30)25-42(32-17-9-21-44-36(32)37-33(42)18-10-22-45-37)27-43(26-29(2)41(49)51-31-15-7-4-8-16-31)34-19-11-23-46-38(34)39-35(43)20-12-24-47-39/h3-24,28-29H,25-27H2,1-2H3. The molecule has 8 heteroatoms. The predicted molar refractivity (Wildman–Crippen MR) is 193 cm³/mol. The lowest BCUT2D eigenvalue weighted by Crippen LogP contribution is -2.42. The minimum absolute atomic E-state index is 0.326. The highest BCUT2D eigenvalue weighted by Crippen LogP contribution is 2.61. The van der Waals surface area contributed by atoms with E-state index >= 15 is 0 Å². The van der Waals surface area contributed by atoms with E-state index in [2.05, 4.69) is 24.3 Å². The van der Waals surface area contributed by atoms with Crippen molar-refractivity contribution in [3.8, 4) is 34.3 Å². The number of nitrogens with zero attached hydrogens (tertiary/aromatic N) is 4. The normalized spacial score (nSPS) is 15.4. The number of ether oxygens (including phenoxy) is 2. The van der Waals surface area contributed by atoms with Crippen molar-refractivity contribution in [3.63, 3.8) is 0 Å². The fourth-order valence-electron chi connectivity index (χ4n) is 8.31. The molecule has 2 aromatic carbocycles. The van der Waals surface area contributed by atoms with Crippen LogP contribution in [0.1, 0.15) is 55.4 Å². The second kappa shape index (κ2) is 13.0. The van der Waals surface area contributed by atoms with Gasteiger partial charge in [-0.2, -0.15) is 0 Å². The Hall–Kier alpha value is -6.02. The highest BCUT2D eigenvalue weighted by molar-refractivity contribution is 5.81. The Balaban J connectivity index is 1.30. The summed E-state index contributed by atoms with van der Waals surface area (Å²) in [5.41, 5.74) is 5.57. The van der Waals surface area contributed by atoms with E-state index in [0.29, 0.717) is 30.8 Å². The Bertz CT molecular complexity index is 1990. The molecule has 2 aliphatic carbocycles. The summed E-state index contributed by atoms with van der Waals surface area (Å²) in [5.74, 6) is -0.704. The third kappa shape index (κ3) is 5.57. The highest BCUT2D eigenvalue weighted by atomic mass is 16.5. The Kier molecular flexibility index (Phi) is 8.22. The number of carbonyl (C=O) groups is 2. The van der Waals surface area contributed by atoms with Crippen molar-refractivity contribution < 1.29 is 19.1 Å². The van der Waals surface area contributed by atoms with Gasteiger partial charge >= 0.3 is 11.9 Å². The summed E-state index contributed by atoms with van der Waals surface area (Å²) in [6.45, 7) is 3.84. The van der Waals surface area contributed by atoms with Crippen LogP contribution in [-0.2, 0) is 20.4 Å². The average Bonchev–Trinajstić information content (AvgIpc) is 3.59. The zero-order valence-corrected chi connectivity index (χ0v) is 28.4. The Morgan fingerprint density at radius 2 is 0.804 bits per heavy atom. The van der Waals surface area contributed by atoms with Crippen LogP contribution in [0.2, 0.25) is 0 Å². The molecule has 0 saturated carbocycles. The van der Waals surface area contributed by atoms with Crippen LogP contribution in [-0.4, -0.2) is 31.9 Å². The molecule has 0 aliphatic heterocycles. The summed E-state index contributed by atoms with van der Waals surface area (Å²) in [7, 11) is 0. The molecule has 2 aliphatic rings. The number of carbonyl (C=O) groups excluding carboxylic acids is 2. The predicted octanol–water partition coefficient (Wildman–Crippen LogP) is 8.15. The molecule has 0 bridgehead atoms. The maximum atomic E-state index is 13.9. The SMILES string of the molecule is CC(CC1(CC2(CC(C)C(=O)Oc3ccccc3)c3cccnc3-c3ncccc32)c2cccnc2-c2ncccc21)C(=O)Oc1ccccc1. The van der Waals surface area contributed by atoms with Crippen molar-refractivity contribution in [1.82, 2.24) is 19.9 Å². The number of hydrogen-bond acceptors (Lipinski definition) is 8. The zero-order chi connectivity index (χ0) is 35.0. The second-order valence-corrected chi connectivity index (χ2v) is 13.6. The van der Waals surface area contributed by atoms with Crippen molar-refractivity contribution in [2.45, 2.75) is 43.9 Å². The topological polar surface area (TPSA) is 104 Å². The van der Waals surface area contributed by atoms with Crippen LogP contribution in [0, 0.1) is 11.8 Å². The van der Waals surface area contributed by atoms with Crippen LogP contribution in [0.3, 0.4) is 0 Å². The van der Waals surface area contributed by atoms with Gasteiger partial charge < -0.3 is 9.47 Å². The first-order chi connectivity index (χ1) is 24.9. The van der Waals surface area contributed by atoms with Gasteiger partial charge in [0.2, 0.25) is 0 Å². The maximum Gasteiger partial charge on any atom is 0.314 e. The average molecular weight is 673 g/mol. The van der Waals surface area contributed by atoms with Crippen LogP contribution in [0.4, 0.5) is 0 Å². The number of benzene rings is 2. The lowest BCUT2D eigenvalue weighted by atomic mass is 9.58. The van der Waals surface area contributed by atoms with Gasteiger partial charge in [0.15, 0.2) is 0 Å². The van der Waals surface area contributed by atoms with Gasteiger partial charge in [-0.25, -0.2) is 0 Å². The monoisotopic (exact) mass is 672 g/mol. The number of fused-ring (bicyclic) bond motifs is 6. The van der Waals surface area contributed by atoms with Crippen LogP contribution >= 0.6 is 0 Å². The van der Waals surface area contributed by atoms with E-state index in [-0.39, 0.29) is 11.9 Å². The van der Waals surface area contributed by atoms with E-state index < -0.39 is 22.7 Å². The lowest BCUT2D eigenvalue weighted by Gasteiger charge is -2.43. The summed E-state index contributed by atoms with van der Waals surface area (Å²) in [6.07, 6.45) is 8.44. The summed E-state index contributed by atoms with van der Waals surface area (Å²) in [5, 5.41) is 0. The molecule has 4 heterocycles. The molecule has 8 nitrogen and oxygen atoms in total. The van der Waals surface area contributed by atoms with Gasteiger partial charge in [0, 0.05) is 35.6 Å². The van der Waals surface area contributed by atoms with Crippen molar-refractivity contribution in [3.05, 3.63) is 156 Å². The largest absolute Gasteiger partial charge is 0.426 e. The van der Waals surface area contributed by atoms with E-state index in [1.807, 2.05) is 74.5 Å². The first kappa shape index (κ1) is 32.2. The minimum atomic E-state index is -0.768. The number of aromatic nitrogens is 4. The lowest BCUT2D eigenvalue weighted by molar-refractivity contribution is -0.139. The second-order valence-electron chi connectivity index (χ2n) is 13.6. The maximum absolute atomic E-state index is 13.9. The fourth-order valence-corrected chi connectivity index (χ4v) is 8.31. The summed E-state index contributed by atoms with van der Waals surface area (Å²) in [6, 6.07) is 34.5. The zero-order valence-electron chi connectivity index (χ0n) is 28.4. The van der Waals surface area contributed by atoms with Crippen LogP contribution in [0.15, 0.2) is 134 Å². The Morgan fingerprint density at radius 3 is 1.12 bits per heavy atom. The summed E-state index contributed by atoms with van der Waals surface area (Å²) < 4.78 is 11.8. The van der Waals surface area contributed by atoms with Crippen LogP contribution in [0.5, 0.6) is 11.5 Å². The number of para-hydroxylation sites is 2. The van der Waals surface area contributed by atoms with Crippen molar-refractivity contribution >= 4 is 11.9 Å². The van der Waals surface area contributed by atoms with Gasteiger partial charge in [-0.3, -0.25) is 29.5 Å². The molecule has 0 saturated heterocycles. The van der Waals surface area contributed by atoms with Crippen LogP contribution < -0.4 is 9.47 Å². The van der Waals surface area contributed by atoms with Crippen molar-refractivity contribution in [2.75, 3.05) is 0 Å². The summed E-state index contributed by atoms with van der Waals surface area (Å²) in [4.78, 5) is 47.2. The van der Waals surface area contributed by atoms with E-state index in [4.69, 9.17) is 29.4 Å². The number of rotatable bonds is 10. The van der Waals surface area contributed by atoms with E-state index in [1.54, 1.807) is 49.1 Å². The van der Waals surface area contributed by atoms with Gasteiger partial charge in [0.25, 0.3) is 0 Å². The van der Waals surface area contributed by atoms with E-state index in [1.165, 1.54) is 0 Å². The molecule has 2 atom stereocenters. The van der Waals surface area contributed by atoms with Gasteiger partial charge in [-0.1, -0.05) is 74.5 Å². The van der Waals surface area contributed by atoms with Crippen molar-refractivity contribution in [2.24, 2.45) is 11.8 Å². The first-order valence-corrected chi connectivity index (χ1v) is 17.3. The van der Waals surface area contributed by atoms with Gasteiger partial charge in [-0.05, 0) is 90.0 Å². The highest BCUT2D eigenvalue weighted by Gasteiger charge is 2.56. The molecule has 0 spiro atoms. The van der Waals surface area contributed by atoms with Gasteiger partial charge in [0.1, 0.15) is 11.5 Å². The quantitative estimate of drug-likeness (QED) is 0.106. The molecule has 2 unspecified atom stereocenters. The molecule has 8 rings (SSSR count). The molecule has 6 aromatic rings. The molecule has 0 amide bonds. The molecule has 0 radical (unpaired) electrons. The van der Waals surface area contributed by atoms with Gasteiger partial charge in [0.05, 0.1) is 34.6 Å². The minimum Gasteiger partial charge on any atom is -0.426 e. The molecule has 0 fully saturated rings. The first-order valence-electron chi connectivity index (χ1n) is 17.3. The number of hydrogen-bond donors (Lipinski definition) is 0. The van der Waals surface area contributed by atoms with E-state index in [0.717, 1.165) is 45.0 Å². The smallest absolute Gasteiger partial charge is 0.314 e. The Morgan fingerprint density at radius 1 is 0.490 bits per heavy atom. The van der Waals surface area contributed by atoms with Gasteiger partial charge in [-0.15, -0.1) is 0 Å². The number of pyridine rings is 4. The third-order valence-electron chi connectivity index (χ3n) is 10.4. The Labute approximate surface area is 296 Å². The molecular weight excluding hydrogens is 636 g/mol. The van der Waals surface area contributed by atoms with Crippen molar-refractivity contribution in [1.29, 1.82) is 0 Å². The molecular formula is C43H36N4O4. The third-order valence-corrected chi connectivity index (χ3v) is 10.4. The number of esters is 2.